The summed E-state index contributed by atoms with van der Waals surface area (Å²) in [4.78, 5) is 0. The number of hydrogen-bond acceptors (Lipinski definition) is 2. The highest BCUT2D eigenvalue weighted by Crippen LogP contribution is 2.25. The molecular weight excluding hydrogens is 248 g/mol. The Hall–Kier alpha value is -1.80. The van der Waals surface area contributed by atoms with Gasteiger partial charge in [-0.1, -0.05) is 57.2 Å². The number of aliphatic hydroxyl groups is 1. The van der Waals surface area contributed by atoms with Crippen LogP contribution in [0, 0.1) is 0 Å². The summed E-state index contributed by atoms with van der Waals surface area (Å²) in [6, 6.07) is 15.1. The molecule has 0 aliphatic rings. The van der Waals surface area contributed by atoms with Crippen molar-refractivity contribution in [3.63, 3.8) is 0 Å². The van der Waals surface area contributed by atoms with Gasteiger partial charge in [0, 0.05) is 6.42 Å². The quantitative estimate of drug-likeness (QED) is 0.886. The first-order chi connectivity index (χ1) is 9.36. The van der Waals surface area contributed by atoms with Crippen LogP contribution in [0.1, 0.15) is 43.6 Å². The highest BCUT2D eigenvalue weighted by atomic mass is 16.3. The van der Waals surface area contributed by atoms with E-state index in [4.69, 9.17) is 0 Å². The Labute approximate surface area is 120 Å². The first kappa shape index (κ1) is 14.6. The Bertz CT molecular complexity index is 565. The maximum Gasteiger partial charge on any atom is 0.115 e. The van der Waals surface area contributed by atoms with Crippen molar-refractivity contribution >= 4 is 0 Å². The zero-order chi connectivity index (χ0) is 14.8. The molecule has 2 aromatic rings. The van der Waals surface area contributed by atoms with Crippen LogP contribution in [0.2, 0.25) is 0 Å². The number of aliphatic hydroxyl groups excluding tert-OH is 1. The highest BCUT2D eigenvalue weighted by molar-refractivity contribution is 5.31. The molecule has 0 aromatic heterocycles. The summed E-state index contributed by atoms with van der Waals surface area (Å²) in [5.41, 5.74) is 3.21. The lowest BCUT2D eigenvalue weighted by molar-refractivity contribution is 0.178. The molecule has 0 amide bonds. The molecule has 0 saturated carbocycles. The van der Waals surface area contributed by atoms with Crippen LogP contribution in [-0.2, 0) is 11.8 Å². The van der Waals surface area contributed by atoms with Gasteiger partial charge < -0.3 is 10.2 Å². The highest BCUT2D eigenvalue weighted by Gasteiger charge is 2.14. The average Bonchev–Trinajstić information content (AvgIpc) is 2.38. The maximum absolute atomic E-state index is 10.3. The lowest BCUT2D eigenvalue weighted by Gasteiger charge is -2.20. The molecule has 2 heteroatoms. The topological polar surface area (TPSA) is 40.5 Å². The van der Waals surface area contributed by atoms with Crippen LogP contribution in [0.4, 0.5) is 0 Å². The molecule has 2 nitrogen and oxygen atoms in total. The first-order valence-electron chi connectivity index (χ1n) is 6.93. The van der Waals surface area contributed by atoms with Gasteiger partial charge in [0.25, 0.3) is 0 Å². The zero-order valence-electron chi connectivity index (χ0n) is 12.3. The van der Waals surface area contributed by atoms with Crippen molar-refractivity contribution in [1.82, 2.24) is 0 Å². The van der Waals surface area contributed by atoms with E-state index in [0.29, 0.717) is 6.42 Å². The fraction of sp³-hybridized carbons (Fsp3) is 0.333. The van der Waals surface area contributed by atoms with Crippen molar-refractivity contribution in [3.8, 4) is 5.75 Å². The molecule has 0 aliphatic heterocycles. The van der Waals surface area contributed by atoms with Crippen molar-refractivity contribution in [3.05, 3.63) is 65.2 Å². The van der Waals surface area contributed by atoms with Gasteiger partial charge in [0.05, 0.1) is 6.10 Å². The first-order valence-corrected chi connectivity index (χ1v) is 6.93. The van der Waals surface area contributed by atoms with Gasteiger partial charge in [-0.2, -0.15) is 0 Å². The number of phenolic OH excluding ortho intramolecular Hbond substituents is 1. The van der Waals surface area contributed by atoms with Crippen molar-refractivity contribution in [2.75, 3.05) is 0 Å². The van der Waals surface area contributed by atoms with Crippen LogP contribution >= 0.6 is 0 Å². The van der Waals surface area contributed by atoms with Crippen molar-refractivity contribution in [2.45, 2.75) is 38.7 Å². The summed E-state index contributed by atoms with van der Waals surface area (Å²) in [6.45, 7) is 6.52. The molecule has 20 heavy (non-hydrogen) atoms. The number of hydrogen-bond donors (Lipinski definition) is 2. The summed E-state index contributed by atoms with van der Waals surface area (Å²) in [5, 5.41) is 19.7. The Morgan fingerprint density at radius 2 is 1.65 bits per heavy atom. The van der Waals surface area contributed by atoms with Crippen molar-refractivity contribution in [1.29, 1.82) is 0 Å². The van der Waals surface area contributed by atoms with Gasteiger partial charge in [0.1, 0.15) is 5.75 Å². The smallest absolute Gasteiger partial charge is 0.115 e. The van der Waals surface area contributed by atoms with E-state index >= 15 is 0 Å². The Morgan fingerprint density at radius 1 is 1.00 bits per heavy atom. The number of benzene rings is 2. The maximum atomic E-state index is 10.3. The summed E-state index contributed by atoms with van der Waals surface area (Å²) in [6.07, 6.45) is -0.0469. The summed E-state index contributed by atoms with van der Waals surface area (Å²) in [5.74, 6) is 0.234. The minimum Gasteiger partial charge on any atom is -0.508 e. The standard InChI is InChI=1S/C18H22O2/c1-18(2,3)15-9-7-14(8-10-15)17(20)12-13-5-4-6-16(19)11-13/h4-11,17,19-20H,12H2,1-3H3. The Kier molecular flexibility index (Phi) is 4.15. The van der Waals surface area contributed by atoms with Crippen LogP contribution in [-0.4, -0.2) is 10.2 Å². The van der Waals surface area contributed by atoms with Gasteiger partial charge in [-0.05, 0) is 34.2 Å². The summed E-state index contributed by atoms with van der Waals surface area (Å²) < 4.78 is 0. The second-order valence-electron chi connectivity index (χ2n) is 6.26. The Balaban J connectivity index is 2.11. The number of phenols is 1. The van der Waals surface area contributed by atoms with E-state index in [1.807, 2.05) is 18.2 Å². The van der Waals surface area contributed by atoms with Crippen LogP contribution in [0.15, 0.2) is 48.5 Å². The Morgan fingerprint density at radius 3 is 2.20 bits per heavy atom. The van der Waals surface area contributed by atoms with Gasteiger partial charge >= 0.3 is 0 Å². The molecule has 2 N–H and O–H groups in total. The predicted octanol–water partition coefficient (Wildman–Crippen LogP) is 3.97. The van der Waals surface area contributed by atoms with E-state index < -0.39 is 6.10 Å². The molecule has 2 aromatic carbocycles. The average molecular weight is 270 g/mol. The van der Waals surface area contributed by atoms with E-state index in [1.54, 1.807) is 18.2 Å². The molecule has 1 atom stereocenters. The van der Waals surface area contributed by atoms with Gasteiger partial charge in [0.2, 0.25) is 0 Å². The van der Waals surface area contributed by atoms with Crippen LogP contribution < -0.4 is 0 Å². The lowest BCUT2D eigenvalue weighted by Crippen LogP contribution is -2.11. The molecule has 0 heterocycles. The molecule has 0 aliphatic carbocycles. The van der Waals surface area contributed by atoms with Crippen LogP contribution in [0.25, 0.3) is 0 Å². The fourth-order valence-electron chi connectivity index (χ4n) is 2.23. The molecule has 1 unspecified atom stereocenters. The van der Waals surface area contributed by atoms with Gasteiger partial charge in [0.15, 0.2) is 0 Å². The van der Waals surface area contributed by atoms with E-state index in [0.717, 1.165) is 11.1 Å². The van der Waals surface area contributed by atoms with Crippen LogP contribution in [0.5, 0.6) is 5.75 Å². The van der Waals surface area contributed by atoms with E-state index in [-0.39, 0.29) is 11.2 Å². The third-order valence-corrected chi connectivity index (χ3v) is 3.50. The van der Waals surface area contributed by atoms with Gasteiger partial charge in [-0.3, -0.25) is 0 Å². The summed E-state index contributed by atoms with van der Waals surface area (Å²) >= 11 is 0. The minimum atomic E-state index is -0.550. The van der Waals surface area contributed by atoms with E-state index in [1.165, 1.54) is 5.56 Å². The van der Waals surface area contributed by atoms with Crippen molar-refractivity contribution in [2.24, 2.45) is 0 Å². The zero-order valence-corrected chi connectivity index (χ0v) is 12.3. The normalized spacial score (nSPS) is 13.2. The molecule has 0 saturated heterocycles. The van der Waals surface area contributed by atoms with Gasteiger partial charge in [-0.25, -0.2) is 0 Å². The van der Waals surface area contributed by atoms with E-state index in [9.17, 15) is 10.2 Å². The van der Waals surface area contributed by atoms with Crippen LogP contribution in [0.3, 0.4) is 0 Å². The monoisotopic (exact) mass is 270 g/mol. The molecular formula is C18H22O2. The molecule has 0 bridgehead atoms. The second kappa shape index (κ2) is 5.68. The number of rotatable bonds is 3. The van der Waals surface area contributed by atoms with Gasteiger partial charge in [-0.15, -0.1) is 0 Å². The van der Waals surface area contributed by atoms with Crippen molar-refractivity contribution < 1.29 is 10.2 Å². The molecule has 2 rings (SSSR count). The minimum absolute atomic E-state index is 0.120. The number of aromatic hydroxyl groups is 1. The third kappa shape index (κ3) is 3.61. The molecule has 0 spiro atoms. The fourth-order valence-corrected chi connectivity index (χ4v) is 2.23. The summed E-state index contributed by atoms with van der Waals surface area (Å²) in [7, 11) is 0. The molecule has 106 valence electrons. The third-order valence-electron chi connectivity index (χ3n) is 3.50. The SMILES string of the molecule is CC(C)(C)c1ccc(C(O)Cc2cccc(O)c2)cc1. The largest absolute Gasteiger partial charge is 0.508 e. The van der Waals surface area contributed by atoms with E-state index in [2.05, 4.69) is 32.9 Å². The molecule has 0 radical (unpaired) electrons. The lowest BCUT2D eigenvalue weighted by atomic mass is 9.86. The molecule has 0 fully saturated rings. The predicted molar refractivity (Wildman–Crippen MR) is 81.9 cm³/mol. The second-order valence-corrected chi connectivity index (χ2v) is 6.26.